The van der Waals surface area contributed by atoms with Crippen molar-refractivity contribution in [3.8, 4) is 11.3 Å². The van der Waals surface area contributed by atoms with Crippen LogP contribution in [-0.4, -0.2) is 41.1 Å². The summed E-state index contributed by atoms with van der Waals surface area (Å²) >= 11 is 3.52. The Kier molecular flexibility index (Phi) is 4.42. The normalized spacial score (nSPS) is 14.4. The molecular weight excluding hydrogens is 348 g/mol. The number of H-pyrrole nitrogens is 1. The van der Waals surface area contributed by atoms with Gasteiger partial charge in [0.1, 0.15) is 5.69 Å². The van der Waals surface area contributed by atoms with Crippen molar-refractivity contribution in [1.29, 1.82) is 0 Å². The van der Waals surface area contributed by atoms with Crippen LogP contribution in [0, 0.1) is 0 Å². The van der Waals surface area contributed by atoms with Crippen LogP contribution in [0.4, 0.5) is 5.69 Å². The molecule has 2 heterocycles. The van der Waals surface area contributed by atoms with E-state index in [1.807, 2.05) is 12.1 Å². The molecule has 1 aliphatic heterocycles. The van der Waals surface area contributed by atoms with E-state index in [4.69, 9.17) is 4.74 Å². The highest BCUT2D eigenvalue weighted by Crippen LogP contribution is 2.35. The van der Waals surface area contributed by atoms with Crippen molar-refractivity contribution in [2.45, 2.75) is 19.8 Å². The lowest BCUT2D eigenvalue weighted by molar-refractivity contribution is 0.0520. The highest BCUT2D eigenvalue weighted by Gasteiger charge is 2.24. The molecule has 1 N–H and O–H groups in total. The molecule has 0 saturated carbocycles. The molecule has 7 heteroatoms. The summed E-state index contributed by atoms with van der Waals surface area (Å²) in [5, 5.41) is 10.7. The number of benzene rings is 1. The zero-order valence-electron chi connectivity index (χ0n) is 12.3. The van der Waals surface area contributed by atoms with E-state index in [9.17, 15) is 4.79 Å². The first kappa shape index (κ1) is 15.0. The van der Waals surface area contributed by atoms with E-state index < -0.39 is 5.97 Å². The van der Waals surface area contributed by atoms with Crippen molar-refractivity contribution in [3.63, 3.8) is 0 Å². The van der Waals surface area contributed by atoms with E-state index in [1.54, 1.807) is 6.92 Å². The highest BCUT2D eigenvalue weighted by atomic mass is 79.9. The van der Waals surface area contributed by atoms with Gasteiger partial charge in [-0.05, 0) is 38.0 Å². The van der Waals surface area contributed by atoms with E-state index >= 15 is 0 Å². The van der Waals surface area contributed by atoms with Crippen LogP contribution in [-0.2, 0) is 4.74 Å². The lowest BCUT2D eigenvalue weighted by Gasteiger charge is -2.21. The summed E-state index contributed by atoms with van der Waals surface area (Å²) in [6.07, 6.45) is 2.35. The summed E-state index contributed by atoms with van der Waals surface area (Å²) < 4.78 is 6.05. The minimum atomic E-state index is -0.457. The maximum atomic E-state index is 12.0. The second-order valence-corrected chi connectivity index (χ2v) is 6.01. The molecule has 0 spiro atoms. The van der Waals surface area contributed by atoms with E-state index in [-0.39, 0.29) is 5.69 Å². The molecule has 0 aliphatic carbocycles. The van der Waals surface area contributed by atoms with Crippen LogP contribution in [0.2, 0.25) is 0 Å². The minimum absolute atomic E-state index is 0.226. The van der Waals surface area contributed by atoms with Gasteiger partial charge < -0.3 is 9.64 Å². The Morgan fingerprint density at radius 3 is 2.86 bits per heavy atom. The average Bonchev–Trinajstić information content (AvgIpc) is 3.19. The SMILES string of the molecule is CCOC(=O)c1n[nH]nc1-c1ccc(Br)cc1N1CCCC1. The van der Waals surface area contributed by atoms with Gasteiger partial charge in [-0.2, -0.15) is 10.3 Å². The Morgan fingerprint density at radius 1 is 1.36 bits per heavy atom. The Bertz CT molecular complexity index is 680. The van der Waals surface area contributed by atoms with Gasteiger partial charge in [0, 0.05) is 28.8 Å². The smallest absolute Gasteiger partial charge is 0.361 e. The van der Waals surface area contributed by atoms with Gasteiger partial charge in [-0.1, -0.05) is 15.9 Å². The number of ether oxygens (including phenoxy) is 1. The molecule has 0 radical (unpaired) electrons. The number of rotatable bonds is 4. The quantitative estimate of drug-likeness (QED) is 0.844. The number of hydrogen-bond donors (Lipinski definition) is 1. The molecule has 1 fully saturated rings. The Morgan fingerprint density at radius 2 is 2.14 bits per heavy atom. The van der Waals surface area contributed by atoms with E-state index in [0.717, 1.165) is 28.8 Å². The number of aromatic nitrogens is 3. The Balaban J connectivity index is 2.05. The van der Waals surface area contributed by atoms with Gasteiger partial charge in [0.2, 0.25) is 0 Å². The molecule has 3 rings (SSSR count). The van der Waals surface area contributed by atoms with Crippen molar-refractivity contribution in [1.82, 2.24) is 15.4 Å². The summed E-state index contributed by atoms with van der Waals surface area (Å²) in [5.41, 5.74) is 2.71. The maximum absolute atomic E-state index is 12.0. The van der Waals surface area contributed by atoms with Crippen molar-refractivity contribution >= 4 is 27.6 Å². The molecule has 0 bridgehead atoms. The fraction of sp³-hybridized carbons (Fsp3) is 0.400. The molecule has 1 saturated heterocycles. The molecule has 0 atom stereocenters. The van der Waals surface area contributed by atoms with Gasteiger partial charge in [-0.3, -0.25) is 0 Å². The van der Waals surface area contributed by atoms with Gasteiger partial charge in [0.15, 0.2) is 5.69 Å². The lowest BCUT2D eigenvalue weighted by Crippen LogP contribution is -2.19. The van der Waals surface area contributed by atoms with Crippen LogP contribution >= 0.6 is 15.9 Å². The molecule has 6 nitrogen and oxygen atoms in total. The number of carbonyl (C=O) groups excluding carboxylic acids is 1. The van der Waals surface area contributed by atoms with Crippen LogP contribution < -0.4 is 4.90 Å². The molecule has 1 aliphatic rings. The first-order valence-electron chi connectivity index (χ1n) is 7.33. The van der Waals surface area contributed by atoms with Crippen molar-refractivity contribution < 1.29 is 9.53 Å². The lowest BCUT2D eigenvalue weighted by atomic mass is 10.1. The number of nitrogens with one attached hydrogen (secondary N) is 1. The highest BCUT2D eigenvalue weighted by molar-refractivity contribution is 9.10. The number of anilines is 1. The first-order valence-corrected chi connectivity index (χ1v) is 8.12. The van der Waals surface area contributed by atoms with Crippen LogP contribution in [0.1, 0.15) is 30.3 Å². The molecule has 1 aromatic heterocycles. The van der Waals surface area contributed by atoms with Gasteiger partial charge >= 0.3 is 5.97 Å². The van der Waals surface area contributed by atoms with Crippen molar-refractivity contribution in [3.05, 3.63) is 28.4 Å². The topological polar surface area (TPSA) is 71.1 Å². The summed E-state index contributed by atoms with van der Waals surface area (Å²) in [5.74, 6) is -0.457. The standard InChI is InChI=1S/C15H17BrN4O2/c1-2-22-15(21)14-13(17-19-18-14)11-6-5-10(16)9-12(11)20-7-3-4-8-20/h5-6,9H,2-4,7-8H2,1H3,(H,17,18,19). The predicted octanol–water partition coefficient (Wildman–Crippen LogP) is 3.01. The molecule has 0 unspecified atom stereocenters. The molecular formula is C15H17BrN4O2. The van der Waals surface area contributed by atoms with Gasteiger partial charge in [-0.25, -0.2) is 4.79 Å². The number of carbonyl (C=O) groups is 1. The second kappa shape index (κ2) is 6.48. The summed E-state index contributed by atoms with van der Waals surface area (Å²) in [6, 6.07) is 5.96. The van der Waals surface area contributed by atoms with Crippen molar-refractivity contribution in [2.75, 3.05) is 24.6 Å². The second-order valence-electron chi connectivity index (χ2n) is 5.10. The van der Waals surface area contributed by atoms with E-state index in [2.05, 4.69) is 42.3 Å². The number of aromatic amines is 1. The van der Waals surface area contributed by atoms with Crippen LogP contribution in [0.15, 0.2) is 22.7 Å². The van der Waals surface area contributed by atoms with Crippen LogP contribution in [0.25, 0.3) is 11.3 Å². The predicted molar refractivity (Wildman–Crippen MR) is 86.9 cm³/mol. The van der Waals surface area contributed by atoms with Crippen molar-refractivity contribution in [2.24, 2.45) is 0 Å². The molecule has 116 valence electrons. The minimum Gasteiger partial charge on any atom is -0.461 e. The Hall–Kier alpha value is -1.89. The van der Waals surface area contributed by atoms with Crippen LogP contribution in [0.5, 0.6) is 0 Å². The molecule has 22 heavy (non-hydrogen) atoms. The van der Waals surface area contributed by atoms with E-state index in [0.29, 0.717) is 12.3 Å². The number of esters is 1. The van der Waals surface area contributed by atoms with Gasteiger partial charge in [-0.15, -0.1) is 5.10 Å². The molecule has 0 amide bonds. The fourth-order valence-corrected chi connectivity index (χ4v) is 3.03. The molecule has 2 aromatic rings. The third-order valence-electron chi connectivity index (χ3n) is 3.68. The van der Waals surface area contributed by atoms with Gasteiger partial charge in [0.25, 0.3) is 0 Å². The zero-order valence-corrected chi connectivity index (χ0v) is 13.9. The largest absolute Gasteiger partial charge is 0.461 e. The first-order chi connectivity index (χ1) is 10.7. The fourth-order valence-electron chi connectivity index (χ4n) is 2.69. The monoisotopic (exact) mass is 364 g/mol. The summed E-state index contributed by atoms with van der Waals surface area (Å²) in [7, 11) is 0. The molecule has 1 aromatic carbocycles. The van der Waals surface area contributed by atoms with Gasteiger partial charge in [0.05, 0.1) is 6.61 Å². The zero-order chi connectivity index (χ0) is 15.5. The Labute approximate surface area is 137 Å². The summed E-state index contributed by atoms with van der Waals surface area (Å²) in [6.45, 7) is 4.10. The average molecular weight is 365 g/mol. The summed E-state index contributed by atoms with van der Waals surface area (Å²) in [4.78, 5) is 14.3. The van der Waals surface area contributed by atoms with Crippen LogP contribution in [0.3, 0.4) is 0 Å². The number of halogens is 1. The third kappa shape index (κ3) is 2.85. The number of nitrogens with zero attached hydrogens (tertiary/aromatic N) is 3. The van der Waals surface area contributed by atoms with E-state index in [1.165, 1.54) is 12.8 Å². The third-order valence-corrected chi connectivity index (χ3v) is 4.17. The number of hydrogen-bond acceptors (Lipinski definition) is 5. The maximum Gasteiger partial charge on any atom is 0.361 e.